The van der Waals surface area contributed by atoms with Crippen molar-refractivity contribution in [3.8, 4) is 0 Å². The molecule has 0 aliphatic rings. The molecule has 0 spiro atoms. The van der Waals surface area contributed by atoms with Crippen LogP contribution >= 0.6 is 0 Å². The Bertz CT molecular complexity index is 269. The van der Waals surface area contributed by atoms with E-state index in [1.807, 2.05) is 14.0 Å². The Balaban J connectivity index is 2.66. The fourth-order valence-electron chi connectivity index (χ4n) is 1.41. The van der Waals surface area contributed by atoms with E-state index in [0.29, 0.717) is 0 Å². The lowest BCUT2D eigenvalue weighted by Crippen LogP contribution is -2.14. The molecule has 1 N–H and O–H groups in total. The highest BCUT2D eigenvalue weighted by atomic mass is 19.3. The number of rotatable bonds is 5. The normalized spacial score (nSPS) is 13.5. The molecule has 1 aromatic heterocycles. The third kappa shape index (κ3) is 2.77. The van der Waals surface area contributed by atoms with Gasteiger partial charge in [-0.05, 0) is 13.5 Å². The molecule has 1 unspecified atom stereocenters. The lowest BCUT2D eigenvalue weighted by molar-refractivity contribution is 0.122. The third-order valence-electron chi connectivity index (χ3n) is 2.14. The molecule has 0 radical (unpaired) electrons. The average Bonchev–Trinajstić information content (AvgIpc) is 2.54. The maximum Gasteiger partial charge on any atom is 0.257 e. The fourth-order valence-corrected chi connectivity index (χ4v) is 1.41. The highest BCUT2D eigenvalue weighted by Crippen LogP contribution is 2.14. The minimum Gasteiger partial charge on any atom is -0.313 e. The Morgan fingerprint density at radius 2 is 2.29 bits per heavy atom. The van der Waals surface area contributed by atoms with Gasteiger partial charge in [-0.15, -0.1) is 0 Å². The maximum absolute atomic E-state index is 12.0. The Kier molecular flexibility index (Phi) is 4.00. The lowest BCUT2D eigenvalue weighted by atomic mass is 10.1. The molecule has 0 fully saturated rings. The highest BCUT2D eigenvalue weighted by Gasteiger charge is 2.10. The largest absolute Gasteiger partial charge is 0.313 e. The topological polar surface area (TPSA) is 29.9 Å². The second-order valence-corrected chi connectivity index (χ2v) is 3.14. The van der Waals surface area contributed by atoms with Crippen molar-refractivity contribution in [2.75, 3.05) is 7.05 Å². The molecule has 0 aromatic carbocycles. The molecule has 5 heteroatoms. The van der Waals surface area contributed by atoms with Crippen LogP contribution in [0.15, 0.2) is 12.4 Å². The van der Waals surface area contributed by atoms with Gasteiger partial charge in [-0.1, -0.05) is 6.92 Å². The molecule has 80 valence electrons. The molecule has 14 heavy (non-hydrogen) atoms. The van der Waals surface area contributed by atoms with Crippen LogP contribution in [0, 0.1) is 0 Å². The van der Waals surface area contributed by atoms with Gasteiger partial charge in [0.15, 0.2) is 0 Å². The van der Waals surface area contributed by atoms with Crippen molar-refractivity contribution in [3.05, 3.63) is 18.0 Å². The number of hydrogen-bond acceptors (Lipinski definition) is 2. The van der Waals surface area contributed by atoms with Gasteiger partial charge in [0.05, 0.1) is 6.20 Å². The van der Waals surface area contributed by atoms with Crippen molar-refractivity contribution < 1.29 is 8.78 Å². The summed E-state index contributed by atoms with van der Waals surface area (Å²) >= 11 is 0. The molecule has 3 nitrogen and oxygen atoms in total. The van der Waals surface area contributed by atoms with Crippen LogP contribution in [-0.2, 0) is 6.54 Å². The van der Waals surface area contributed by atoms with Gasteiger partial charge in [0.25, 0.3) is 6.43 Å². The number of aromatic nitrogens is 2. The van der Waals surface area contributed by atoms with Crippen molar-refractivity contribution >= 4 is 0 Å². The van der Waals surface area contributed by atoms with Crippen LogP contribution in [0.25, 0.3) is 0 Å². The summed E-state index contributed by atoms with van der Waals surface area (Å²) in [6.45, 7) is 1.70. The summed E-state index contributed by atoms with van der Waals surface area (Å²) in [5, 5.41) is 6.96. The summed E-state index contributed by atoms with van der Waals surface area (Å²) in [4.78, 5) is 0. The first-order valence-electron chi connectivity index (χ1n) is 4.65. The molecule has 0 aliphatic heterocycles. The first-order chi connectivity index (χ1) is 6.67. The van der Waals surface area contributed by atoms with Gasteiger partial charge in [0.1, 0.15) is 6.54 Å². The van der Waals surface area contributed by atoms with Crippen LogP contribution in [0.4, 0.5) is 8.78 Å². The Hall–Kier alpha value is -0.970. The van der Waals surface area contributed by atoms with Gasteiger partial charge in [0.2, 0.25) is 0 Å². The minimum atomic E-state index is -2.35. The van der Waals surface area contributed by atoms with E-state index in [4.69, 9.17) is 0 Å². The first kappa shape index (κ1) is 11.1. The number of nitrogens with zero attached hydrogens (tertiary/aromatic N) is 2. The molecule has 0 aliphatic carbocycles. The highest BCUT2D eigenvalue weighted by molar-refractivity contribution is 5.09. The van der Waals surface area contributed by atoms with Crippen molar-refractivity contribution in [2.45, 2.75) is 32.4 Å². The Labute approximate surface area is 82.1 Å². The number of nitrogens with one attached hydrogen (secondary N) is 1. The van der Waals surface area contributed by atoms with Gasteiger partial charge in [-0.3, -0.25) is 4.68 Å². The van der Waals surface area contributed by atoms with Crippen molar-refractivity contribution in [1.29, 1.82) is 0 Å². The number of halogens is 2. The summed E-state index contributed by atoms with van der Waals surface area (Å²) in [5.41, 5.74) is 0.954. The number of hydrogen-bond donors (Lipinski definition) is 1. The van der Waals surface area contributed by atoms with Crippen LogP contribution in [0.2, 0.25) is 0 Å². The first-order valence-corrected chi connectivity index (χ1v) is 4.65. The number of alkyl halides is 2. The zero-order chi connectivity index (χ0) is 10.6. The second kappa shape index (κ2) is 5.05. The van der Waals surface area contributed by atoms with Gasteiger partial charge >= 0.3 is 0 Å². The van der Waals surface area contributed by atoms with Crippen molar-refractivity contribution in [3.63, 3.8) is 0 Å². The predicted molar refractivity (Wildman–Crippen MR) is 50.3 cm³/mol. The summed E-state index contributed by atoms with van der Waals surface area (Å²) in [7, 11) is 1.85. The summed E-state index contributed by atoms with van der Waals surface area (Å²) in [6.07, 6.45) is 1.86. The average molecular weight is 203 g/mol. The van der Waals surface area contributed by atoms with Crippen molar-refractivity contribution in [2.24, 2.45) is 0 Å². The monoisotopic (exact) mass is 203 g/mol. The van der Waals surface area contributed by atoms with E-state index in [0.717, 1.165) is 12.0 Å². The van der Waals surface area contributed by atoms with Crippen LogP contribution in [-0.4, -0.2) is 23.3 Å². The SMILES string of the molecule is CCC(NC)c1cnn(CC(F)F)c1. The summed E-state index contributed by atoms with van der Waals surface area (Å²) in [6, 6.07) is 0.196. The van der Waals surface area contributed by atoms with Gasteiger partial charge < -0.3 is 5.32 Å². The smallest absolute Gasteiger partial charge is 0.257 e. The zero-order valence-electron chi connectivity index (χ0n) is 8.37. The van der Waals surface area contributed by atoms with E-state index in [2.05, 4.69) is 10.4 Å². The summed E-state index contributed by atoms with van der Waals surface area (Å²) in [5.74, 6) is 0. The Morgan fingerprint density at radius 1 is 1.57 bits per heavy atom. The maximum atomic E-state index is 12.0. The zero-order valence-corrected chi connectivity index (χ0v) is 8.37. The van der Waals surface area contributed by atoms with E-state index < -0.39 is 6.43 Å². The molecule has 0 saturated carbocycles. The van der Waals surface area contributed by atoms with Gasteiger partial charge in [-0.2, -0.15) is 5.10 Å². The predicted octanol–water partition coefficient (Wildman–Crippen LogP) is 1.82. The van der Waals surface area contributed by atoms with E-state index >= 15 is 0 Å². The fraction of sp³-hybridized carbons (Fsp3) is 0.667. The Morgan fingerprint density at radius 3 is 2.79 bits per heavy atom. The molecule has 1 heterocycles. The second-order valence-electron chi connectivity index (χ2n) is 3.14. The van der Waals surface area contributed by atoms with Gasteiger partial charge in [-0.25, -0.2) is 8.78 Å². The minimum absolute atomic E-state index is 0.196. The van der Waals surface area contributed by atoms with Crippen LogP contribution in [0.5, 0.6) is 0 Å². The lowest BCUT2D eigenvalue weighted by Gasteiger charge is -2.10. The molecular formula is C9H15F2N3. The van der Waals surface area contributed by atoms with Crippen LogP contribution < -0.4 is 5.32 Å². The van der Waals surface area contributed by atoms with E-state index in [9.17, 15) is 8.78 Å². The van der Waals surface area contributed by atoms with E-state index in [1.54, 1.807) is 12.4 Å². The summed E-state index contributed by atoms with van der Waals surface area (Å²) < 4.78 is 25.3. The standard InChI is InChI=1S/C9H15F2N3/c1-3-8(12-2)7-4-13-14(5-7)6-9(10)11/h4-5,8-9,12H,3,6H2,1-2H3. The van der Waals surface area contributed by atoms with Crippen LogP contribution in [0.1, 0.15) is 24.9 Å². The molecule has 0 saturated heterocycles. The third-order valence-corrected chi connectivity index (χ3v) is 2.14. The molecule has 0 bridgehead atoms. The quantitative estimate of drug-likeness (QED) is 0.791. The molecule has 1 atom stereocenters. The van der Waals surface area contributed by atoms with Gasteiger partial charge in [0, 0.05) is 17.8 Å². The van der Waals surface area contributed by atoms with E-state index in [-0.39, 0.29) is 12.6 Å². The molecular weight excluding hydrogens is 188 g/mol. The molecule has 1 rings (SSSR count). The van der Waals surface area contributed by atoms with Crippen LogP contribution in [0.3, 0.4) is 0 Å². The molecule has 1 aromatic rings. The molecule has 0 amide bonds. The van der Waals surface area contributed by atoms with Crippen molar-refractivity contribution in [1.82, 2.24) is 15.1 Å². The van der Waals surface area contributed by atoms with E-state index in [1.165, 1.54) is 4.68 Å².